The van der Waals surface area contributed by atoms with Crippen LogP contribution in [0.25, 0.3) is 0 Å². The fourth-order valence-corrected chi connectivity index (χ4v) is 2.27. The average molecular weight is 269 g/mol. The van der Waals surface area contributed by atoms with Crippen molar-refractivity contribution in [3.8, 4) is 0 Å². The minimum atomic E-state index is -3.23. The van der Waals surface area contributed by atoms with E-state index in [1.54, 1.807) is 12.1 Å². The van der Waals surface area contributed by atoms with Gasteiger partial charge in [0.15, 0.2) is 9.84 Å². The summed E-state index contributed by atoms with van der Waals surface area (Å²) in [6.45, 7) is 0. The van der Waals surface area contributed by atoms with Crippen LogP contribution in [-0.2, 0) is 25.8 Å². The zero-order chi connectivity index (χ0) is 13.3. The van der Waals surface area contributed by atoms with Crippen LogP contribution in [0.4, 0.5) is 4.79 Å². The van der Waals surface area contributed by atoms with Gasteiger partial charge in [-0.25, -0.2) is 18.0 Å². The van der Waals surface area contributed by atoms with E-state index in [1.165, 1.54) is 12.1 Å². The van der Waals surface area contributed by atoms with Crippen LogP contribution in [0.5, 0.6) is 0 Å². The Hall–Kier alpha value is -1.89. The van der Waals surface area contributed by atoms with Crippen molar-refractivity contribution in [3.63, 3.8) is 0 Å². The number of carbonyl (C=O) groups excluding carboxylic acids is 2. The summed E-state index contributed by atoms with van der Waals surface area (Å²) < 4.78 is 26.8. The van der Waals surface area contributed by atoms with Gasteiger partial charge in [-0.1, -0.05) is 12.1 Å². The number of esters is 1. The minimum Gasteiger partial charge on any atom is -0.375 e. The Morgan fingerprint density at radius 1 is 1.22 bits per heavy atom. The maximum Gasteiger partial charge on any atom is 0.415 e. The standard InChI is InChI=1S/C11H11NO5S/c1-18(15,16)8-4-2-7(3-5-8)6-9-10(13)17-11(14)12-9/h2-5,9H,6H2,1H3,(H,12,14). The smallest absolute Gasteiger partial charge is 0.375 e. The molecule has 1 aliphatic rings. The first kappa shape index (κ1) is 12.6. The highest BCUT2D eigenvalue weighted by Gasteiger charge is 2.32. The Labute approximate surface area is 104 Å². The van der Waals surface area contributed by atoms with Crippen molar-refractivity contribution < 1.29 is 22.7 Å². The van der Waals surface area contributed by atoms with Crippen molar-refractivity contribution in [2.45, 2.75) is 17.4 Å². The van der Waals surface area contributed by atoms with Crippen molar-refractivity contribution in [1.29, 1.82) is 0 Å². The number of rotatable bonds is 3. The highest BCUT2D eigenvalue weighted by Crippen LogP contribution is 2.13. The van der Waals surface area contributed by atoms with Gasteiger partial charge >= 0.3 is 12.1 Å². The van der Waals surface area contributed by atoms with Gasteiger partial charge in [-0.3, -0.25) is 0 Å². The maximum atomic E-state index is 11.3. The number of benzene rings is 1. The molecule has 0 radical (unpaired) electrons. The summed E-state index contributed by atoms with van der Waals surface area (Å²) in [5.74, 6) is -0.618. The van der Waals surface area contributed by atoms with Gasteiger partial charge in [0.05, 0.1) is 4.90 Å². The monoisotopic (exact) mass is 269 g/mol. The summed E-state index contributed by atoms with van der Waals surface area (Å²) >= 11 is 0. The molecule has 0 spiro atoms. The number of nitrogens with one attached hydrogen (secondary N) is 1. The molecule has 1 N–H and O–H groups in total. The molecule has 0 bridgehead atoms. The zero-order valence-corrected chi connectivity index (χ0v) is 10.4. The Morgan fingerprint density at radius 3 is 2.28 bits per heavy atom. The number of carbonyl (C=O) groups is 2. The number of ether oxygens (including phenoxy) is 1. The highest BCUT2D eigenvalue weighted by atomic mass is 32.2. The van der Waals surface area contributed by atoms with E-state index >= 15 is 0 Å². The molecule has 1 saturated heterocycles. The summed E-state index contributed by atoms with van der Waals surface area (Å²) in [6, 6.07) is 5.43. The van der Waals surface area contributed by atoms with Gasteiger partial charge in [-0.05, 0) is 17.7 Å². The summed E-state index contributed by atoms with van der Waals surface area (Å²) in [5.41, 5.74) is 0.742. The van der Waals surface area contributed by atoms with Crippen LogP contribution < -0.4 is 5.32 Å². The molecule has 2 rings (SSSR count). The van der Waals surface area contributed by atoms with Crippen molar-refractivity contribution in [1.82, 2.24) is 5.32 Å². The molecule has 6 nitrogen and oxygen atoms in total. The van der Waals surface area contributed by atoms with Crippen molar-refractivity contribution in [3.05, 3.63) is 29.8 Å². The van der Waals surface area contributed by atoms with Crippen LogP contribution in [0.15, 0.2) is 29.2 Å². The molecule has 18 heavy (non-hydrogen) atoms. The van der Waals surface area contributed by atoms with E-state index in [1.807, 2.05) is 0 Å². The first-order valence-corrected chi connectivity index (χ1v) is 7.06. The number of hydrogen-bond donors (Lipinski definition) is 1. The van der Waals surface area contributed by atoms with Crippen LogP contribution >= 0.6 is 0 Å². The van der Waals surface area contributed by atoms with Crippen LogP contribution in [0.1, 0.15) is 5.56 Å². The molecule has 1 aliphatic heterocycles. The molecule has 7 heteroatoms. The Morgan fingerprint density at radius 2 is 1.83 bits per heavy atom. The van der Waals surface area contributed by atoms with Gasteiger partial charge in [0, 0.05) is 12.7 Å². The summed E-state index contributed by atoms with van der Waals surface area (Å²) in [4.78, 5) is 22.2. The highest BCUT2D eigenvalue weighted by molar-refractivity contribution is 7.90. The molecule has 96 valence electrons. The van der Waals surface area contributed by atoms with E-state index in [2.05, 4.69) is 10.1 Å². The van der Waals surface area contributed by atoms with Gasteiger partial charge in [-0.2, -0.15) is 0 Å². The lowest BCUT2D eigenvalue weighted by atomic mass is 10.1. The molecule has 1 fully saturated rings. The van der Waals surface area contributed by atoms with Gasteiger partial charge in [0.1, 0.15) is 6.04 Å². The number of amides is 1. The van der Waals surface area contributed by atoms with E-state index in [0.717, 1.165) is 11.8 Å². The molecule has 0 aromatic heterocycles. The lowest BCUT2D eigenvalue weighted by Crippen LogP contribution is -2.30. The number of sulfone groups is 1. The van der Waals surface area contributed by atoms with Crippen LogP contribution in [0.3, 0.4) is 0 Å². The van der Waals surface area contributed by atoms with Crippen molar-refractivity contribution in [2.75, 3.05) is 6.26 Å². The topological polar surface area (TPSA) is 89.5 Å². The summed E-state index contributed by atoms with van der Waals surface area (Å²) in [7, 11) is -3.23. The third kappa shape index (κ3) is 2.67. The number of hydrogen-bond acceptors (Lipinski definition) is 5. The lowest BCUT2D eigenvalue weighted by molar-refractivity contribution is -0.135. The first-order valence-electron chi connectivity index (χ1n) is 5.17. The number of alkyl carbamates (subject to hydrolysis) is 1. The van der Waals surface area contributed by atoms with Crippen LogP contribution in [0, 0.1) is 0 Å². The Kier molecular flexibility index (Phi) is 3.08. The predicted molar refractivity (Wildman–Crippen MR) is 61.7 cm³/mol. The second kappa shape index (κ2) is 4.41. The number of cyclic esters (lactones) is 2. The molecule has 1 aromatic rings. The molecule has 1 amide bonds. The molecule has 1 atom stereocenters. The molecular weight excluding hydrogens is 258 g/mol. The Balaban J connectivity index is 2.12. The molecular formula is C11H11NO5S. The molecule has 0 saturated carbocycles. The van der Waals surface area contributed by atoms with E-state index < -0.39 is 27.9 Å². The maximum absolute atomic E-state index is 11.3. The van der Waals surface area contributed by atoms with Crippen molar-refractivity contribution >= 4 is 21.9 Å². The van der Waals surface area contributed by atoms with E-state index in [-0.39, 0.29) is 11.3 Å². The van der Waals surface area contributed by atoms with Crippen molar-refractivity contribution in [2.24, 2.45) is 0 Å². The summed E-state index contributed by atoms with van der Waals surface area (Å²) in [5, 5.41) is 2.37. The van der Waals surface area contributed by atoms with Gasteiger partial charge in [0.2, 0.25) is 0 Å². The van der Waals surface area contributed by atoms with E-state index in [4.69, 9.17) is 0 Å². The Bertz CT molecular complexity index is 590. The average Bonchev–Trinajstić information content (AvgIpc) is 2.57. The van der Waals surface area contributed by atoms with Crippen LogP contribution in [0.2, 0.25) is 0 Å². The van der Waals surface area contributed by atoms with Gasteiger partial charge in [-0.15, -0.1) is 0 Å². The fourth-order valence-electron chi connectivity index (χ4n) is 1.64. The van der Waals surface area contributed by atoms with Gasteiger partial charge in [0.25, 0.3) is 0 Å². The zero-order valence-electron chi connectivity index (χ0n) is 9.54. The largest absolute Gasteiger partial charge is 0.415 e. The third-order valence-electron chi connectivity index (χ3n) is 2.56. The second-order valence-electron chi connectivity index (χ2n) is 4.03. The SMILES string of the molecule is CS(=O)(=O)c1ccc(CC2NC(=O)OC2=O)cc1. The lowest BCUT2D eigenvalue weighted by Gasteiger charge is -2.06. The van der Waals surface area contributed by atoms with E-state index in [9.17, 15) is 18.0 Å². The normalized spacial score (nSPS) is 19.5. The fraction of sp³-hybridized carbons (Fsp3) is 0.273. The minimum absolute atomic E-state index is 0.212. The molecule has 1 aromatic carbocycles. The predicted octanol–water partition coefficient (Wildman–Crippen LogP) is 0.268. The summed E-state index contributed by atoms with van der Waals surface area (Å²) in [6.07, 6.45) is 0.642. The molecule has 1 unspecified atom stereocenters. The second-order valence-corrected chi connectivity index (χ2v) is 6.04. The molecule has 0 aliphatic carbocycles. The quantitative estimate of drug-likeness (QED) is 0.628. The first-order chi connectivity index (χ1) is 8.36. The molecule has 1 heterocycles. The van der Waals surface area contributed by atoms with Gasteiger partial charge < -0.3 is 10.1 Å². The van der Waals surface area contributed by atoms with Crippen LogP contribution in [-0.4, -0.2) is 32.8 Å². The van der Waals surface area contributed by atoms with E-state index in [0.29, 0.717) is 0 Å². The third-order valence-corrected chi connectivity index (χ3v) is 3.69.